The van der Waals surface area contributed by atoms with E-state index in [9.17, 15) is 19.7 Å². The van der Waals surface area contributed by atoms with Crippen molar-refractivity contribution in [1.82, 2.24) is 5.43 Å². The van der Waals surface area contributed by atoms with Crippen LogP contribution in [0.1, 0.15) is 18.9 Å². The van der Waals surface area contributed by atoms with E-state index in [1.54, 1.807) is 19.1 Å². The van der Waals surface area contributed by atoms with E-state index in [4.69, 9.17) is 9.47 Å². The molecule has 0 aromatic heterocycles. The van der Waals surface area contributed by atoms with E-state index in [-0.39, 0.29) is 24.4 Å². The number of hydrogen-bond donors (Lipinski definition) is 2. The maximum Gasteiger partial charge on any atom is 0.296 e. The number of nitro groups is 1. The third kappa shape index (κ3) is 6.89. The van der Waals surface area contributed by atoms with Gasteiger partial charge in [-0.15, -0.1) is 0 Å². The molecule has 0 heterocycles. The van der Waals surface area contributed by atoms with E-state index in [0.29, 0.717) is 17.2 Å². The van der Waals surface area contributed by atoms with Crippen LogP contribution in [0.5, 0.6) is 11.5 Å². The van der Waals surface area contributed by atoms with E-state index < -0.39 is 16.7 Å². The fourth-order valence-corrected chi connectivity index (χ4v) is 2.33. The first-order valence-electron chi connectivity index (χ1n) is 8.92. The van der Waals surface area contributed by atoms with Crippen LogP contribution < -0.4 is 20.2 Å². The zero-order chi connectivity index (χ0) is 22.1. The van der Waals surface area contributed by atoms with Crippen molar-refractivity contribution >= 4 is 28.9 Å². The normalized spacial score (nSPS) is 10.8. The highest BCUT2D eigenvalue weighted by Gasteiger charge is 2.17. The van der Waals surface area contributed by atoms with E-state index in [0.717, 1.165) is 5.56 Å². The first kappa shape index (κ1) is 22.3. The van der Waals surface area contributed by atoms with Gasteiger partial charge < -0.3 is 14.8 Å². The molecule has 0 radical (unpaired) electrons. The largest absolute Gasteiger partial charge is 0.496 e. The van der Waals surface area contributed by atoms with E-state index in [1.165, 1.54) is 25.3 Å². The lowest BCUT2D eigenvalue weighted by molar-refractivity contribution is -0.384. The van der Waals surface area contributed by atoms with Crippen molar-refractivity contribution in [1.29, 1.82) is 0 Å². The van der Waals surface area contributed by atoms with Crippen LogP contribution in [0.4, 0.5) is 11.4 Å². The second kappa shape index (κ2) is 10.6. The maximum absolute atomic E-state index is 12.2. The molecule has 0 saturated heterocycles. The van der Waals surface area contributed by atoms with Crippen molar-refractivity contribution in [2.75, 3.05) is 19.0 Å². The maximum atomic E-state index is 12.2. The topological polar surface area (TPSA) is 132 Å². The Morgan fingerprint density at radius 1 is 1.10 bits per heavy atom. The Morgan fingerprint density at radius 3 is 2.40 bits per heavy atom. The SMILES string of the molecule is COc1ccc(NC(=O)C/C(C)=N/NC(=O)COc2ccc(C)cc2)c([N+](=O)[O-])c1. The van der Waals surface area contributed by atoms with Gasteiger partial charge in [0, 0.05) is 5.71 Å². The number of hydrazone groups is 1. The van der Waals surface area contributed by atoms with Crippen LogP contribution in [0.15, 0.2) is 47.6 Å². The summed E-state index contributed by atoms with van der Waals surface area (Å²) in [5, 5.41) is 17.5. The fraction of sp³-hybridized carbons (Fsp3) is 0.250. The van der Waals surface area contributed by atoms with Gasteiger partial charge in [0.1, 0.15) is 17.2 Å². The molecule has 2 aromatic carbocycles. The summed E-state index contributed by atoms with van der Waals surface area (Å²) < 4.78 is 10.3. The minimum Gasteiger partial charge on any atom is -0.496 e. The van der Waals surface area contributed by atoms with Gasteiger partial charge >= 0.3 is 0 Å². The number of nitrogens with zero attached hydrogens (tertiary/aromatic N) is 2. The van der Waals surface area contributed by atoms with Crippen LogP contribution >= 0.6 is 0 Å². The van der Waals surface area contributed by atoms with Crippen LogP contribution in [-0.2, 0) is 9.59 Å². The number of nitrogens with one attached hydrogen (secondary N) is 2. The van der Waals surface area contributed by atoms with Gasteiger partial charge in [0.25, 0.3) is 11.6 Å². The number of hydrogen-bond acceptors (Lipinski definition) is 7. The number of anilines is 1. The molecule has 10 heteroatoms. The molecule has 0 spiro atoms. The van der Waals surface area contributed by atoms with Gasteiger partial charge in [-0.3, -0.25) is 19.7 Å². The molecular formula is C20H22N4O6. The summed E-state index contributed by atoms with van der Waals surface area (Å²) in [5.41, 5.74) is 3.43. The quantitative estimate of drug-likeness (QED) is 0.368. The molecule has 2 amide bonds. The average Bonchev–Trinajstić information content (AvgIpc) is 2.71. The number of rotatable bonds is 9. The lowest BCUT2D eigenvalue weighted by atomic mass is 10.2. The fourth-order valence-electron chi connectivity index (χ4n) is 2.33. The summed E-state index contributed by atoms with van der Waals surface area (Å²) >= 11 is 0. The molecule has 2 rings (SSSR count). The Morgan fingerprint density at radius 2 is 1.77 bits per heavy atom. The van der Waals surface area contributed by atoms with Gasteiger partial charge in [-0.1, -0.05) is 17.7 Å². The van der Waals surface area contributed by atoms with E-state index >= 15 is 0 Å². The Balaban J connectivity index is 1.86. The Bertz CT molecular complexity index is 956. The van der Waals surface area contributed by atoms with Gasteiger partial charge in [0.2, 0.25) is 5.91 Å². The summed E-state index contributed by atoms with van der Waals surface area (Å²) in [7, 11) is 1.39. The molecule has 0 atom stereocenters. The molecular weight excluding hydrogens is 392 g/mol. The molecule has 30 heavy (non-hydrogen) atoms. The number of amides is 2. The van der Waals surface area contributed by atoms with Crippen molar-refractivity contribution in [3.8, 4) is 11.5 Å². The summed E-state index contributed by atoms with van der Waals surface area (Å²) in [4.78, 5) is 34.5. The number of nitro benzene ring substituents is 1. The van der Waals surface area contributed by atoms with Gasteiger partial charge in [0.05, 0.1) is 24.5 Å². The first-order chi connectivity index (χ1) is 14.3. The second-order valence-electron chi connectivity index (χ2n) is 6.35. The lowest BCUT2D eigenvalue weighted by Crippen LogP contribution is -2.26. The van der Waals surface area contributed by atoms with Gasteiger partial charge in [0.15, 0.2) is 6.61 Å². The summed E-state index contributed by atoms with van der Waals surface area (Å²) in [6.07, 6.45) is -0.164. The zero-order valence-corrected chi connectivity index (χ0v) is 16.8. The smallest absolute Gasteiger partial charge is 0.296 e. The van der Waals surface area contributed by atoms with Crippen molar-refractivity contribution in [2.45, 2.75) is 20.3 Å². The lowest BCUT2D eigenvalue weighted by Gasteiger charge is -2.08. The highest BCUT2D eigenvalue weighted by molar-refractivity contribution is 6.06. The number of ether oxygens (including phenoxy) is 2. The Kier molecular flexibility index (Phi) is 7.86. The molecule has 0 bridgehead atoms. The van der Waals surface area contributed by atoms with Crippen LogP contribution in [0, 0.1) is 17.0 Å². The third-order valence-corrected chi connectivity index (χ3v) is 3.85. The average molecular weight is 414 g/mol. The summed E-state index contributed by atoms with van der Waals surface area (Å²) in [5.74, 6) is -0.152. The van der Waals surface area contributed by atoms with Crippen LogP contribution in [0.3, 0.4) is 0 Å². The molecule has 0 aliphatic heterocycles. The molecule has 0 aliphatic rings. The van der Waals surface area contributed by atoms with Crippen LogP contribution in [0.2, 0.25) is 0 Å². The molecule has 0 fully saturated rings. The number of carbonyl (C=O) groups is 2. The van der Waals surface area contributed by atoms with Crippen molar-refractivity contribution in [3.05, 3.63) is 58.1 Å². The first-order valence-corrected chi connectivity index (χ1v) is 8.92. The second-order valence-corrected chi connectivity index (χ2v) is 6.35. The third-order valence-electron chi connectivity index (χ3n) is 3.85. The predicted molar refractivity (Wildman–Crippen MR) is 111 cm³/mol. The molecule has 158 valence electrons. The monoisotopic (exact) mass is 414 g/mol. The van der Waals surface area contributed by atoms with Crippen molar-refractivity contribution in [2.24, 2.45) is 5.10 Å². The summed E-state index contributed by atoms with van der Waals surface area (Å²) in [6.45, 7) is 3.25. The van der Waals surface area contributed by atoms with Gasteiger partial charge in [-0.25, -0.2) is 5.43 Å². The van der Waals surface area contributed by atoms with E-state index in [2.05, 4.69) is 15.8 Å². The standard InChI is InChI=1S/C20H22N4O6/c1-13-4-6-15(7-5-13)30-12-20(26)23-22-14(2)10-19(25)21-17-9-8-16(29-3)11-18(17)24(27)28/h4-9,11H,10,12H2,1-3H3,(H,21,25)(H,23,26)/b22-14+. The zero-order valence-electron chi connectivity index (χ0n) is 16.8. The van der Waals surface area contributed by atoms with E-state index in [1.807, 2.05) is 19.1 Å². The Labute approximate surface area is 173 Å². The molecule has 2 N–H and O–H groups in total. The Hall–Kier alpha value is -3.95. The number of aryl methyl sites for hydroxylation is 1. The minimum absolute atomic E-state index is 0.0362. The predicted octanol–water partition coefficient (Wildman–Crippen LogP) is 2.81. The molecule has 0 aliphatic carbocycles. The molecule has 10 nitrogen and oxygen atoms in total. The van der Waals surface area contributed by atoms with Gasteiger partial charge in [-0.2, -0.15) is 5.10 Å². The molecule has 0 saturated carbocycles. The molecule has 2 aromatic rings. The van der Waals surface area contributed by atoms with Gasteiger partial charge in [-0.05, 0) is 38.1 Å². The minimum atomic E-state index is -0.618. The van der Waals surface area contributed by atoms with Crippen molar-refractivity contribution < 1.29 is 24.0 Å². The summed E-state index contributed by atoms with van der Waals surface area (Å²) in [6, 6.07) is 11.3. The highest BCUT2D eigenvalue weighted by Crippen LogP contribution is 2.29. The highest BCUT2D eigenvalue weighted by atomic mass is 16.6. The van der Waals surface area contributed by atoms with Crippen molar-refractivity contribution in [3.63, 3.8) is 0 Å². The number of benzene rings is 2. The number of carbonyl (C=O) groups excluding carboxylic acids is 2. The van der Waals surface area contributed by atoms with Crippen LogP contribution in [0.25, 0.3) is 0 Å². The van der Waals surface area contributed by atoms with Crippen LogP contribution in [-0.4, -0.2) is 36.2 Å². The number of methoxy groups -OCH3 is 1. The molecule has 0 unspecified atom stereocenters.